The molecule has 0 aliphatic carbocycles. The van der Waals surface area contributed by atoms with Crippen LogP contribution in [0.25, 0.3) is 10.9 Å². The summed E-state index contributed by atoms with van der Waals surface area (Å²) >= 11 is 6.02. The Hall–Kier alpha value is -4.10. The van der Waals surface area contributed by atoms with Gasteiger partial charge in [0.15, 0.2) is 0 Å². The number of para-hydroxylation sites is 1. The summed E-state index contributed by atoms with van der Waals surface area (Å²) < 4.78 is 5.05. The van der Waals surface area contributed by atoms with E-state index in [0.29, 0.717) is 23.4 Å². The second-order valence-corrected chi connectivity index (χ2v) is 8.33. The van der Waals surface area contributed by atoms with Crippen LogP contribution in [0.5, 0.6) is 0 Å². The van der Waals surface area contributed by atoms with Gasteiger partial charge in [0, 0.05) is 34.9 Å². The summed E-state index contributed by atoms with van der Waals surface area (Å²) in [6, 6.07) is 22.4. The van der Waals surface area contributed by atoms with Gasteiger partial charge >= 0.3 is 5.97 Å². The molecule has 0 bridgehead atoms. The van der Waals surface area contributed by atoms with Gasteiger partial charge in [-0.3, -0.25) is 14.5 Å². The molecule has 36 heavy (non-hydrogen) atoms. The predicted octanol–water partition coefficient (Wildman–Crippen LogP) is 4.97. The van der Waals surface area contributed by atoms with Crippen molar-refractivity contribution in [2.24, 2.45) is 0 Å². The lowest BCUT2D eigenvalue weighted by Crippen LogP contribution is -2.44. The lowest BCUT2D eigenvalue weighted by atomic mass is 10.0. The number of anilines is 1. The summed E-state index contributed by atoms with van der Waals surface area (Å²) in [5.74, 6) is -1.61. The van der Waals surface area contributed by atoms with Crippen LogP contribution in [0, 0.1) is 0 Å². The van der Waals surface area contributed by atoms with Crippen LogP contribution >= 0.6 is 11.6 Å². The van der Waals surface area contributed by atoms with Gasteiger partial charge in [-0.1, -0.05) is 48.5 Å². The van der Waals surface area contributed by atoms with Crippen molar-refractivity contribution in [2.45, 2.75) is 19.5 Å². The number of ether oxygens (including phenoxy) is 1. The number of alkyl halides is 1. The molecule has 0 aliphatic rings. The van der Waals surface area contributed by atoms with Gasteiger partial charge in [0.25, 0.3) is 0 Å². The number of halogens is 1. The molecule has 1 unspecified atom stereocenters. The zero-order valence-corrected chi connectivity index (χ0v) is 20.5. The average molecular weight is 504 g/mol. The third-order valence-corrected chi connectivity index (χ3v) is 6.00. The second-order valence-electron chi connectivity index (χ2n) is 8.06. The Balaban J connectivity index is 1.76. The van der Waals surface area contributed by atoms with Gasteiger partial charge in [0.05, 0.1) is 12.2 Å². The standard InChI is InChI=1S/C28H26ClN3O4/c1-2-36-28(35)20-12-14-21(15-13-20)32(25(33)16-29)26(23-18-30-24-11-7-6-10-22(23)24)27(34)31-17-19-8-4-3-5-9-19/h3-15,18,26,30H,2,16-17H2,1H3,(H,31,34). The monoisotopic (exact) mass is 503 g/mol. The summed E-state index contributed by atoms with van der Waals surface area (Å²) in [5.41, 5.74) is 3.17. The fraction of sp³-hybridized carbons (Fsp3) is 0.179. The first kappa shape index (κ1) is 25.0. The van der Waals surface area contributed by atoms with E-state index >= 15 is 0 Å². The molecule has 2 N–H and O–H groups in total. The van der Waals surface area contributed by atoms with Gasteiger partial charge in [0.1, 0.15) is 11.9 Å². The van der Waals surface area contributed by atoms with Crippen molar-refractivity contribution in [3.63, 3.8) is 0 Å². The summed E-state index contributed by atoms with van der Waals surface area (Å²) in [5, 5.41) is 3.78. The largest absolute Gasteiger partial charge is 0.462 e. The normalized spacial score (nSPS) is 11.6. The molecule has 8 heteroatoms. The molecule has 0 saturated carbocycles. The van der Waals surface area contributed by atoms with E-state index in [9.17, 15) is 14.4 Å². The Bertz CT molecular complexity index is 1350. The topological polar surface area (TPSA) is 91.5 Å². The highest BCUT2D eigenvalue weighted by Crippen LogP contribution is 2.33. The molecule has 4 aromatic rings. The Kier molecular flexibility index (Phi) is 8.02. The Labute approximate surface area is 214 Å². The van der Waals surface area contributed by atoms with E-state index in [1.165, 1.54) is 4.90 Å². The minimum Gasteiger partial charge on any atom is -0.462 e. The van der Waals surface area contributed by atoms with Crippen LogP contribution in [0.4, 0.5) is 5.69 Å². The molecular formula is C28H26ClN3O4. The van der Waals surface area contributed by atoms with Crippen LogP contribution in [-0.4, -0.2) is 35.3 Å². The zero-order chi connectivity index (χ0) is 25.5. The second kappa shape index (κ2) is 11.6. The molecule has 1 aromatic heterocycles. The molecule has 4 rings (SSSR count). The molecule has 0 spiro atoms. The van der Waals surface area contributed by atoms with Gasteiger partial charge in [-0.25, -0.2) is 4.79 Å². The van der Waals surface area contributed by atoms with E-state index in [1.54, 1.807) is 37.4 Å². The van der Waals surface area contributed by atoms with Crippen LogP contribution < -0.4 is 10.2 Å². The fourth-order valence-corrected chi connectivity index (χ4v) is 4.20. The maximum absolute atomic E-state index is 13.7. The Morgan fingerprint density at radius 1 is 0.972 bits per heavy atom. The minimum atomic E-state index is -1.01. The number of aromatic nitrogens is 1. The van der Waals surface area contributed by atoms with E-state index in [0.717, 1.165) is 16.5 Å². The smallest absolute Gasteiger partial charge is 0.338 e. The minimum absolute atomic E-state index is 0.252. The number of carbonyl (C=O) groups excluding carboxylic acids is 3. The number of amides is 2. The van der Waals surface area contributed by atoms with E-state index in [-0.39, 0.29) is 18.4 Å². The highest BCUT2D eigenvalue weighted by Gasteiger charge is 2.34. The molecule has 2 amide bonds. The van der Waals surface area contributed by atoms with Gasteiger partial charge in [-0.15, -0.1) is 11.6 Å². The number of esters is 1. The van der Waals surface area contributed by atoms with Crippen molar-refractivity contribution in [1.29, 1.82) is 0 Å². The molecule has 0 radical (unpaired) electrons. The van der Waals surface area contributed by atoms with Crippen molar-refractivity contribution in [1.82, 2.24) is 10.3 Å². The molecule has 184 valence electrons. The number of H-pyrrole nitrogens is 1. The zero-order valence-electron chi connectivity index (χ0n) is 19.7. The number of hydrogen-bond acceptors (Lipinski definition) is 4. The number of fused-ring (bicyclic) bond motifs is 1. The summed E-state index contributed by atoms with van der Waals surface area (Å²) in [7, 11) is 0. The van der Waals surface area contributed by atoms with Crippen molar-refractivity contribution >= 4 is 46.0 Å². The average Bonchev–Trinajstić information content (AvgIpc) is 3.34. The molecule has 1 atom stereocenters. The van der Waals surface area contributed by atoms with Crippen LogP contribution in [-0.2, 0) is 20.9 Å². The van der Waals surface area contributed by atoms with Crippen LogP contribution in [0.1, 0.15) is 34.5 Å². The van der Waals surface area contributed by atoms with E-state index in [1.807, 2.05) is 54.6 Å². The van der Waals surface area contributed by atoms with Crippen LogP contribution in [0.15, 0.2) is 85.1 Å². The lowest BCUT2D eigenvalue weighted by Gasteiger charge is -2.31. The number of nitrogens with one attached hydrogen (secondary N) is 2. The summed E-state index contributed by atoms with van der Waals surface area (Å²) in [6.07, 6.45) is 1.74. The van der Waals surface area contributed by atoms with Crippen molar-refractivity contribution < 1.29 is 19.1 Å². The lowest BCUT2D eigenvalue weighted by molar-refractivity contribution is -0.126. The number of rotatable bonds is 9. The van der Waals surface area contributed by atoms with Crippen molar-refractivity contribution in [2.75, 3.05) is 17.4 Å². The Morgan fingerprint density at radius 3 is 2.36 bits per heavy atom. The van der Waals surface area contributed by atoms with E-state index in [4.69, 9.17) is 16.3 Å². The molecule has 0 aliphatic heterocycles. The van der Waals surface area contributed by atoms with Gasteiger partial charge in [-0.2, -0.15) is 0 Å². The van der Waals surface area contributed by atoms with Crippen LogP contribution in [0.3, 0.4) is 0 Å². The summed E-state index contributed by atoms with van der Waals surface area (Å²) in [6.45, 7) is 2.28. The number of carbonyl (C=O) groups is 3. The maximum Gasteiger partial charge on any atom is 0.338 e. The van der Waals surface area contributed by atoms with Crippen molar-refractivity contribution in [3.8, 4) is 0 Å². The van der Waals surface area contributed by atoms with E-state index < -0.39 is 17.9 Å². The summed E-state index contributed by atoms with van der Waals surface area (Å²) in [4.78, 5) is 43.6. The molecule has 0 saturated heterocycles. The molecule has 7 nitrogen and oxygen atoms in total. The number of aromatic amines is 1. The maximum atomic E-state index is 13.7. The third kappa shape index (κ3) is 5.42. The van der Waals surface area contributed by atoms with Crippen molar-refractivity contribution in [3.05, 3.63) is 102 Å². The first-order valence-electron chi connectivity index (χ1n) is 11.6. The SMILES string of the molecule is CCOC(=O)c1ccc(N(C(=O)CCl)C(C(=O)NCc2ccccc2)c2c[nH]c3ccccc23)cc1. The van der Waals surface area contributed by atoms with Gasteiger partial charge in [-0.05, 0) is 42.8 Å². The molecular weight excluding hydrogens is 478 g/mol. The van der Waals surface area contributed by atoms with Crippen LogP contribution in [0.2, 0.25) is 0 Å². The number of nitrogens with zero attached hydrogens (tertiary/aromatic N) is 1. The quantitative estimate of drug-likeness (QED) is 0.249. The first-order chi connectivity index (χ1) is 17.5. The highest BCUT2D eigenvalue weighted by molar-refractivity contribution is 6.30. The van der Waals surface area contributed by atoms with E-state index in [2.05, 4.69) is 10.3 Å². The Morgan fingerprint density at radius 2 is 1.67 bits per heavy atom. The predicted molar refractivity (Wildman–Crippen MR) is 140 cm³/mol. The van der Waals surface area contributed by atoms with Gasteiger partial charge in [0.2, 0.25) is 11.8 Å². The molecule has 0 fully saturated rings. The highest BCUT2D eigenvalue weighted by atomic mass is 35.5. The number of benzene rings is 3. The molecule has 1 heterocycles. The third-order valence-electron chi connectivity index (χ3n) is 5.77. The first-order valence-corrected chi connectivity index (χ1v) is 12.1. The number of hydrogen-bond donors (Lipinski definition) is 2. The fourth-order valence-electron chi connectivity index (χ4n) is 4.07. The van der Waals surface area contributed by atoms with Gasteiger partial charge < -0.3 is 15.0 Å². The molecule has 3 aromatic carbocycles.